The Kier molecular flexibility index (Phi) is 9.46. The van der Waals surface area contributed by atoms with E-state index in [0.29, 0.717) is 36.5 Å². The van der Waals surface area contributed by atoms with Crippen molar-refractivity contribution >= 4 is 23.4 Å². The fraction of sp³-hybridized carbons (Fsp3) is 0.609. The summed E-state index contributed by atoms with van der Waals surface area (Å²) in [7, 11) is 4.80. The molecule has 9 heteroatoms. The Bertz CT molecular complexity index is 815. The molecule has 9 nitrogen and oxygen atoms in total. The Hall–Kier alpha value is -2.65. The molecule has 1 N–H and O–H groups in total. The fourth-order valence-electron chi connectivity index (χ4n) is 3.65. The van der Waals surface area contributed by atoms with Crippen LogP contribution in [0.25, 0.3) is 0 Å². The minimum absolute atomic E-state index is 0.0240. The van der Waals surface area contributed by atoms with Crippen LogP contribution < -0.4 is 10.1 Å². The molecule has 1 heterocycles. The van der Waals surface area contributed by atoms with E-state index >= 15 is 0 Å². The predicted octanol–water partition coefficient (Wildman–Crippen LogP) is 2.01. The molecule has 0 saturated heterocycles. The molecule has 2 rings (SSSR count). The number of carbonyl (C=O) groups excluding carboxylic acids is 3. The Balaban J connectivity index is 2.44. The van der Waals surface area contributed by atoms with E-state index in [1.54, 1.807) is 49.1 Å². The van der Waals surface area contributed by atoms with Crippen LogP contribution in [0.2, 0.25) is 0 Å². The third-order valence-electron chi connectivity index (χ3n) is 5.64. The normalized spacial score (nSPS) is 22.3. The number of rotatable bonds is 5. The van der Waals surface area contributed by atoms with Gasteiger partial charge in [-0.3, -0.25) is 14.4 Å². The van der Waals surface area contributed by atoms with E-state index in [0.717, 1.165) is 0 Å². The van der Waals surface area contributed by atoms with Gasteiger partial charge in [-0.15, -0.1) is 0 Å². The first-order valence-electron chi connectivity index (χ1n) is 10.8. The highest BCUT2D eigenvalue weighted by Gasteiger charge is 2.30. The number of methoxy groups -OCH3 is 2. The second-order valence-electron chi connectivity index (χ2n) is 8.19. The van der Waals surface area contributed by atoms with Crippen molar-refractivity contribution in [3.8, 4) is 5.75 Å². The second kappa shape index (κ2) is 11.8. The van der Waals surface area contributed by atoms with Gasteiger partial charge in [0.2, 0.25) is 11.8 Å². The maximum Gasteiger partial charge on any atom is 0.257 e. The quantitative estimate of drug-likeness (QED) is 0.739. The lowest BCUT2D eigenvalue weighted by Crippen LogP contribution is -2.49. The average molecular weight is 450 g/mol. The van der Waals surface area contributed by atoms with Crippen molar-refractivity contribution in [1.82, 2.24) is 9.80 Å². The van der Waals surface area contributed by atoms with Gasteiger partial charge in [0, 0.05) is 58.4 Å². The molecule has 0 aliphatic carbocycles. The zero-order valence-corrected chi connectivity index (χ0v) is 19.8. The number of likely N-dealkylation sites (N-methyl/N-ethyl adjacent to an activating group) is 1. The summed E-state index contributed by atoms with van der Waals surface area (Å²) in [5, 5.41) is 2.79. The standard InChI is InChI=1S/C23H35N3O6/c1-7-21(27)24-17-8-9-18-19(10-17)32-13-16(3)26(22(28)14-30-5)11-15(2)20(31-6)12-25(4)23(18)29/h8-10,15-16,20H,7,11-14H2,1-6H3,(H,24,27)/t15-,16+,20+/m1/s1. The van der Waals surface area contributed by atoms with Gasteiger partial charge in [0.05, 0.1) is 17.7 Å². The number of benzene rings is 1. The zero-order chi connectivity index (χ0) is 23.8. The molecule has 1 aromatic rings. The number of hydrogen-bond acceptors (Lipinski definition) is 6. The van der Waals surface area contributed by atoms with Gasteiger partial charge in [-0.1, -0.05) is 13.8 Å². The van der Waals surface area contributed by atoms with Gasteiger partial charge in [-0.25, -0.2) is 0 Å². The molecule has 1 aliphatic heterocycles. The van der Waals surface area contributed by atoms with E-state index in [2.05, 4.69) is 5.32 Å². The summed E-state index contributed by atoms with van der Waals surface area (Å²) >= 11 is 0. The van der Waals surface area contributed by atoms with Crippen LogP contribution in [0.1, 0.15) is 37.6 Å². The smallest absolute Gasteiger partial charge is 0.257 e. The summed E-state index contributed by atoms with van der Waals surface area (Å²) < 4.78 is 16.8. The molecule has 32 heavy (non-hydrogen) atoms. The van der Waals surface area contributed by atoms with Gasteiger partial charge in [-0.2, -0.15) is 0 Å². The van der Waals surface area contributed by atoms with Gasteiger partial charge in [0.15, 0.2) is 0 Å². The highest BCUT2D eigenvalue weighted by molar-refractivity contribution is 5.98. The summed E-state index contributed by atoms with van der Waals surface area (Å²) in [6.45, 7) is 6.59. The number of anilines is 1. The molecule has 178 valence electrons. The number of carbonyl (C=O) groups is 3. The summed E-state index contributed by atoms with van der Waals surface area (Å²) in [6, 6.07) is 4.70. The van der Waals surface area contributed by atoms with Crippen molar-refractivity contribution in [1.29, 1.82) is 0 Å². The topological polar surface area (TPSA) is 97.4 Å². The van der Waals surface area contributed by atoms with Crippen LogP contribution >= 0.6 is 0 Å². The van der Waals surface area contributed by atoms with Crippen molar-refractivity contribution < 1.29 is 28.6 Å². The first kappa shape index (κ1) is 25.6. The van der Waals surface area contributed by atoms with Crippen molar-refractivity contribution in [3.63, 3.8) is 0 Å². The molecule has 0 saturated carbocycles. The Labute approximate surface area is 190 Å². The van der Waals surface area contributed by atoms with Gasteiger partial charge in [0.1, 0.15) is 19.0 Å². The lowest BCUT2D eigenvalue weighted by molar-refractivity contribution is -0.139. The van der Waals surface area contributed by atoms with Crippen molar-refractivity contribution in [2.24, 2.45) is 5.92 Å². The molecule has 1 aromatic carbocycles. The van der Waals surface area contributed by atoms with E-state index in [9.17, 15) is 14.4 Å². The summed E-state index contributed by atoms with van der Waals surface area (Å²) in [5.74, 6) is -0.157. The summed E-state index contributed by atoms with van der Waals surface area (Å²) in [4.78, 5) is 41.0. The second-order valence-corrected chi connectivity index (χ2v) is 8.19. The SMILES string of the molecule is CCC(=O)Nc1ccc2c(c1)OC[C@H](C)N(C(=O)COC)C[C@@H](C)[C@@H](OC)CN(C)C2=O. The monoisotopic (exact) mass is 449 g/mol. The van der Waals surface area contributed by atoms with E-state index in [1.807, 2.05) is 13.8 Å². The van der Waals surface area contributed by atoms with Crippen LogP contribution in [0, 0.1) is 5.92 Å². The van der Waals surface area contributed by atoms with Gasteiger partial charge in [-0.05, 0) is 19.1 Å². The van der Waals surface area contributed by atoms with Crippen LogP contribution in [0.5, 0.6) is 5.75 Å². The third kappa shape index (κ3) is 6.43. The van der Waals surface area contributed by atoms with Gasteiger partial charge >= 0.3 is 0 Å². The maximum atomic E-state index is 13.2. The molecule has 3 amide bonds. The van der Waals surface area contributed by atoms with Crippen molar-refractivity contribution in [2.45, 2.75) is 39.3 Å². The van der Waals surface area contributed by atoms with Crippen LogP contribution in [0.15, 0.2) is 18.2 Å². The lowest BCUT2D eigenvalue weighted by atomic mass is 10.0. The molecule has 1 aliphatic rings. The summed E-state index contributed by atoms with van der Waals surface area (Å²) in [6.07, 6.45) is 0.0741. The lowest BCUT2D eigenvalue weighted by Gasteiger charge is -2.36. The maximum absolute atomic E-state index is 13.2. The Morgan fingerprint density at radius 2 is 1.94 bits per heavy atom. The zero-order valence-electron chi connectivity index (χ0n) is 19.8. The molecular formula is C23H35N3O6. The van der Waals surface area contributed by atoms with Crippen LogP contribution in [-0.4, -0.2) is 87.2 Å². The number of nitrogens with one attached hydrogen (secondary N) is 1. The molecule has 3 atom stereocenters. The van der Waals surface area contributed by atoms with E-state index in [-0.39, 0.29) is 49.0 Å². The Morgan fingerprint density at radius 1 is 1.22 bits per heavy atom. The molecule has 0 unspecified atom stereocenters. The molecule has 0 radical (unpaired) electrons. The molecular weight excluding hydrogens is 414 g/mol. The Morgan fingerprint density at radius 3 is 2.56 bits per heavy atom. The van der Waals surface area contributed by atoms with E-state index < -0.39 is 0 Å². The predicted molar refractivity (Wildman–Crippen MR) is 121 cm³/mol. The first-order chi connectivity index (χ1) is 15.2. The third-order valence-corrected chi connectivity index (χ3v) is 5.64. The minimum atomic E-state index is -0.272. The number of hydrogen-bond donors (Lipinski definition) is 1. The number of ether oxygens (including phenoxy) is 3. The molecule has 0 bridgehead atoms. The first-order valence-corrected chi connectivity index (χ1v) is 10.8. The van der Waals surface area contributed by atoms with Gasteiger partial charge in [0.25, 0.3) is 5.91 Å². The highest BCUT2D eigenvalue weighted by Crippen LogP contribution is 2.27. The number of nitrogens with zero attached hydrogens (tertiary/aromatic N) is 2. The largest absolute Gasteiger partial charge is 0.491 e. The number of fused-ring (bicyclic) bond motifs is 1. The van der Waals surface area contributed by atoms with Gasteiger partial charge < -0.3 is 29.3 Å². The molecule has 0 fully saturated rings. The number of amides is 3. The van der Waals surface area contributed by atoms with E-state index in [4.69, 9.17) is 14.2 Å². The molecule has 0 aromatic heterocycles. The van der Waals surface area contributed by atoms with Crippen molar-refractivity contribution in [3.05, 3.63) is 23.8 Å². The average Bonchev–Trinajstić information content (AvgIpc) is 2.78. The summed E-state index contributed by atoms with van der Waals surface area (Å²) in [5.41, 5.74) is 0.925. The fourth-order valence-corrected chi connectivity index (χ4v) is 3.65. The van der Waals surface area contributed by atoms with Crippen LogP contribution in [0.4, 0.5) is 5.69 Å². The highest BCUT2D eigenvalue weighted by atomic mass is 16.5. The van der Waals surface area contributed by atoms with Crippen LogP contribution in [0.3, 0.4) is 0 Å². The van der Waals surface area contributed by atoms with E-state index in [1.165, 1.54) is 7.11 Å². The molecule has 0 spiro atoms. The minimum Gasteiger partial charge on any atom is -0.491 e. The van der Waals surface area contributed by atoms with Crippen LogP contribution in [-0.2, 0) is 19.1 Å². The van der Waals surface area contributed by atoms with Crippen molar-refractivity contribution in [2.75, 3.05) is 52.9 Å².